The highest BCUT2D eigenvalue weighted by atomic mass is 79.9. The maximum absolute atomic E-state index is 3.70. The van der Waals surface area contributed by atoms with Crippen molar-refractivity contribution in [1.29, 1.82) is 0 Å². The molecule has 0 bridgehead atoms. The number of aryl methyl sites for hydroxylation is 1. The molecule has 1 fully saturated rings. The molecular weight excluding hydrogens is 238 g/mol. The molecular formula is C12H12BrN. The van der Waals surface area contributed by atoms with Gasteiger partial charge in [0.1, 0.15) is 0 Å². The average Bonchev–Trinajstić information content (AvgIpc) is 2.94. The number of halogens is 1. The lowest BCUT2D eigenvalue weighted by Gasteiger charge is -1.93. The molecule has 0 radical (unpaired) electrons. The van der Waals surface area contributed by atoms with Crippen molar-refractivity contribution in [1.82, 2.24) is 4.98 Å². The number of para-hydroxylation sites is 1. The quantitative estimate of drug-likeness (QED) is 0.783. The molecule has 72 valence electrons. The Morgan fingerprint density at radius 3 is 2.79 bits per heavy atom. The Morgan fingerprint density at radius 2 is 2.14 bits per heavy atom. The van der Waals surface area contributed by atoms with Crippen molar-refractivity contribution in [2.45, 2.75) is 25.7 Å². The van der Waals surface area contributed by atoms with Gasteiger partial charge in [0, 0.05) is 27.0 Å². The third-order valence-electron chi connectivity index (χ3n) is 2.99. The van der Waals surface area contributed by atoms with Crippen molar-refractivity contribution in [3.63, 3.8) is 0 Å². The minimum absolute atomic E-state index is 0.774. The van der Waals surface area contributed by atoms with Crippen LogP contribution in [0.25, 0.3) is 10.9 Å². The average molecular weight is 250 g/mol. The predicted molar refractivity (Wildman–Crippen MR) is 62.7 cm³/mol. The lowest BCUT2D eigenvalue weighted by atomic mass is 10.2. The number of hydrogen-bond donors (Lipinski definition) is 1. The van der Waals surface area contributed by atoms with Gasteiger partial charge in [0.25, 0.3) is 0 Å². The Balaban J connectivity index is 2.33. The summed E-state index contributed by atoms with van der Waals surface area (Å²) in [4.78, 5) is 3.55. The molecule has 1 aromatic carbocycles. The van der Waals surface area contributed by atoms with Crippen LogP contribution in [0.5, 0.6) is 0 Å². The molecule has 2 heteroatoms. The lowest BCUT2D eigenvalue weighted by Crippen LogP contribution is -1.78. The second-order valence-electron chi connectivity index (χ2n) is 4.12. The molecule has 1 saturated carbocycles. The molecule has 0 unspecified atom stereocenters. The van der Waals surface area contributed by atoms with Crippen LogP contribution in [0.3, 0.4) is 0 Å². The van der Waals surface area contributed by atoms with Crippen molar-refractivity contribution in [3.05, 3.63) is 33.9 Å². The first kappa shape index (κ1) is 8.54. The maximum Gasteiger partial charge on any atom is 0.0497 e. The van der Waals surface area contributed by atoms with Gasteiger partial charge in [-0.1, -0.05) is 18.2 Å². The number of rotatable bonds is 1. The monoisotopic (exact) mass is 249 g/mol. The van der Waals surface area contributed by atoms with Gasteiger partial charge in [-0.25, -0.2) is 0 Å². The number of benzene rings is 1. The van der Waals surface area contributed by atoms with E-state index in [1.165, 1.54) is 39.5 Å². The van der Waals surface area contributed by atoms with E-state index in [2.05, 4.69) is 46.0 Å². The van der Waals surface area contributed by atoms with E-state index < -0.39 is 0 Å². The Hall–Kier alpha value is -0.760. The highest BCUT2D eigenvalue weighted by Gasteiger charge is 2.28. The van der Waals surface area contributed by atoms with Crippen molar-refractivity contribution in [3.8, 4) is 0 Å². The molecule has 3 rings (SSSR count). The first-order chi connectivity index (χ1) is 6.77. The van der Waals surface area contributed by atoms with Gasteiger partial charge >= 0.3 is 0 Å². The molecule has 1 aliphatic rings. The zero-order chi connectivity index (χ0) is 9.71. The second kappa shape index (κ2) is 2.86. The summed E-state index contributed by atoms with van der Waals surface area (Å²) >= 11 is 3.70. The first-order valence-corrected chi connectivity index (χ1v) is 5.83. The Labute approximate surface area is 91.6 Å². The van der Waals surface area contributed by atoms with Crippen LogP contribution >= 0.6 is 15.9 Å². The lowest BCUT2D eigenvalue weighted by molar-refractivity contribution is 1.05. The SMILES string of the molecule is Cc1cccc2c(Br)c(C3CC3)[nH]c12. The zero-order valence-electron chi connectivity index (χ0n) is 8.10. The fraction of sp³-hybridized carbons (Fsp3) is 0.333. The van der Waals surface area contributed by atoms with Gasteiger partial charge in [-0.3, -0.25) is 0 Å². The molecule has 0 aliphatic heterocycles. The smallest absolute Gasteiger partial charge is 0.0497 e. The molecule has 14 heavy (non-hydrogen) atoms. The highest BCUT2D eigenvalue weighted by molar-refractivity contribution is 9.10. The van der Waals surface area contributed by atoms with Gasteiger partial charge in [-0.2, -0.15) is 0 Å². The summed E-state index contributed by atoms with van der Waals surface area (Å²) in [5.41, 5.74) is 4.02. The topological polar surface area (TPSA) is 15.8 Å². The van der Waals surface area contributed by atoms with Gasteiger partial charge in [0.2, 0.25) is 0 Å². The van der Waals surface area contributed by atoms with Crippen LogP contribution in [-0.4, -0.2) is 4.98 Å². The van der Waals surface area contributed by atoms with Crippen molar-refractivity contribution in [2.24, 2.45) is 0 Å². The minimum atomic E-state index is 0.774. The summed E-state index contributed by atoms with van der Waals surface area (Å²) in [6, 6.07) is 6.45. The maximum atomic E-state index is 3.70. The summed E-state index contributed by atoms with van der Waals surface area (Å²) in [6.07, 6.45) is 2.68. The fourth-order valence-electron chi connectivity index (χ4n) is 2.00. The number of aromatic amines is 1. The van der Waals surface area contributed by atoms with Gasteiger partial charge in [0.05, 0.1) is 0 Å². The number of fused-ring (bicyclic) bond motifs is 1. The summed E-state index contributed by atoms with van der Waals surface area (Å²) < 4.78 is 1.28. The van der Waals surface area contributed by atoms with Gasteiger partial charge < -0.3 is 4.98 Å². The summed E-state index contributed by atoms with van der Waals surface area (Å²) in [6.45, 7) is 2.15. The molecule has 1 aliphatic carbocycles. The number of nitrogens with one attached hydrogen (secondary N) is 1. The molecule has 1 heterocycles. The van der Waals surface area contributed by atoms with Crippen LogP contribution in [0.2, 0.25) is 0 Å². The van der Waals surface area contributed by atoms with E-state index in [1.807, 2.05) is 0 Å². The Kier molecular flexibility index (Phi) is 1.75. The van der Waals surface area contributed by atoms with Crippen molar-refractivity contribution in [2.75, 3.05) is 0 Å². The van der Waals surface area contributed by atoms with E-state index in [0.717, 1.165) is 5.92 Å². The van der Waals surface area contributed by atoms with Crippen molar-refractivity contribution < 1.29 is 0 Å². The van der Waals surface area contributed by atoms with E-state index in [1.54, 1.807) is 0 Å². The summed E-state index contributed by atoms with van der Waals surface area (Å²) in [5.74, 6) is 0.774. The Morgan fingerprint density at radius 1 is 1.36 bits per heavy atom. The van der Waals surface area contributed by atoms with Gasteiger partial charge in [-0.05, 0) is 41.3 Å². The molecule has 0 saturated heterocycles. The van der Waals surface area contributed by atoms with Gasteiger partial charge in [0.15, 0.2) is 0 Å². The van der Waals surface area contributed by atoms with E-state index in [0.29, 0.717) is 0 Å². The number of H-pyrrole nitrogens is 1. The summed E-state index contributed by atoms with van der Waals surface area (Å²) in [5, 5.41) is 1.33. The third-order valence-corrected chi connectivity index (χ3v) is 3.85. The normalized spacial score (nSPS) is 16.4. The van der Waals surface area contributed by atoms with Crippen LogP contribution in [0, 0.1) is 6.92 Å². The highest BCUT2D eigenvalue weighted by Crippen LogP contribution is 2.45. The Bertz CT molecular complexity index is 494. The van der Waals surface area contributed by atoms with Crippen LogP contribution in [0.4, 0.5) is 0 Å². The van der Waals surface area contributed by atoms with E-state index in [-0.39, 0.29) is 0 Å². The predicted octanol–water partition coefficient (Wildman–Crippen LogP) is 4.12. The van der Waals surface area contributed by atoms with Crippen LogP contribution in [0.1, 0.15) is 30.0 Å². The van der Waals surface area contributed by atoms with Crippen molar-refractivity contribution >= 4 is 26.8 Å². The molecule has 1 nitrogen and oxygen atoms in total. The number of hydrogen-bond acceptors (Lipinski definition) is 0. The standard InChI is InChI=1S/C12H12BrN/c1-7-3-2-4-9-10(13)12(8-5-6-8)14-11(7)9/h2-4,8,14H,5-6H2,1H3. The van der Waals surface area contributed by atoms with Crippen LogP contribution in [-0.2, 0) is 0 Å². The molecule has 0 spiro atoms. The largest absolute Gasteiger partial charge is 0.357 e. The molecule has 2 aromatic rings. The first-order valence-electron chi connectivity index (χ1n) is 5.04. The van der Waals surface area contributed by atoms with Gasteiger partial charge in [-0.15, -0.1) is 0 Å². The zero-order valence-corrected chi connectivity index (χ0v) is 9.69. The molecule has 1 aromatic heterocycles. The molecule has 0 atom stereocenters. The second-order valence-corrected chi connectivity index (χ2v) is 4.92. The van der Waals surface area contributed by atoms with Crippen LogP contribution in [0.15, 0.2) is 22.7 Å². The fourth-order valence-corrected chi connectivity index (χ4v) is 2.76. The molecule has 0 amide bonds. The number of aromatic nitrogens is 1. The molecule has 1 N–H and O–H groups in total. The summed E-state index contributed by atoms with van der Waals surface area (Å²) in [7, 11) is 0. The minimum Gasteiger partial charge on any atom is -0.357 e. The van der Waals surface area contributed by atoms with E-state index >= 15 is 0 Å². The van der Waals surface area contributed by atoms with Crippen LogP contribution < -0.4 is 0 Å². The third kappa shape index (κ3) is 1.13. The van der Waals surface area contributed by atoms with E-state index in [9.17, 15) is 0 Å². The van der Waals surface area contributed by atoms with E-state index in [4.69, 9.17) is 0 Å².